The van der Waals surface area contributed by atoms with Gasteiger partial charge in [-0.1, -0.05) is 36.0 Å². The van der Waals surface area contributed by atoms with Crippen molar-refractivity contribution in [2.75, 3.05) is 18.2 Å². The van der Waals surface area contributed by atoms with E-state index >= 15 is 0 Å². The molecule has 0 aliphatic rings. The number of ether oxygens (including phenoxy) is 1. The van der Waals surface area contributed by atoms with Crippen LogP contribution in [0.4, 0.5) is 5.69 Å². The fraction of sp³-hybridized carbons (Fsp3) is 0.304. The second-order valence-corrected chi connectivity index (χ2v) is 8.11. The maximum atomic E-state index is 12.7. The molecule has 0 fully saturated rings. The Morgan fingerprint density at radius 2 is 1.94 bits per heavy atom. The fourth-order valence-corrected chi connectivity index (χ4v) is 4.03. The van der Waals surface area contributed by atoms with Gasteiger partial charge in [-0.05, 0) is 44.5 Å². The molecule has 3 rings (SSSR count). The summed E-state index contributed by atoms with van der Waals surface area (Å²) < 4.78 is 7.08. The number of amides is 2. The van der Waals surface area contributed by atoms with Gasteiger partial charge in [0.25, 0.3) is 5.91 Å². The largest absolute Gasteiger partial charge is 0.497 e. The number of methoxy groups -OCH3 is 1. The summed E-state index contributed by atoms with van der Waals surface area (Å²) >= 11 is 1.30. The minimum absolute atomic E-state index is 0.156. The van der Waals surface area contributed by atoms with E-state index in [9.17, 15) is 9.59 Å². The lowest BCUT2D eigenvalue weighted by Crippen LogP contribution is -2.29. The topological polar surface area (TPSA) is 98.1 Å². The van der Waals surface area contributed by atoms with Gasteiger partial charge in [-0.2, -0.15) is 0 Å². The first-order valence-corrected chi connectivity index (χ1v) is 11.3. The van der Waals surface area contributed by atoms with Crippen molar-refractivity contribution < 1.29 is 14.3 Å². The van der Waals surface area contributed by atoms with Crippen LogP contribution in [0.25, 0.3) is 0 Å². The SMILES string of the molecule is CCn1c(SCC(=O)Nc2cccc(OC)c2)nnc1[C@@H](C)NC(=O)c1ccccc1C. The first-order chi connectivity index (χ1) is 15.4. The first kappa shape index (κ1) is 23.3. The predicted octanol–water partition coefficient (Wildman–Crippen LogP) is 3.84. The van der Waals surface area contributed by atoms with Gasteiger partial charge in [0.05, 0.1) is 18.9 Å². The highest BCUT2D eigenvalue weighted by atomic mass is 32.2. The lowest BCUT2D eigenvalue weighted by molar-refractivity contribution is -0.113. The summed E-state index contributed by atoms with van der Waals surface area (Å²) in [6, 6.07) is 14.3. The number of benzene rings is 2. The molecular formula is C23H27N5O3S. The molecule has 0 spiro atoms. The maximum absolute atomic E-state index is 12.7. The van der Waals surface area contributed by atoms with Gasteiger partial charge in [-0.3, -0.25) is 9.59 Å². The number of aromatic nitrogens is 3. The van der Waals surface area contributed by atoms with E-state index in [0.717, 1.165) is 5.56 Å². The van der Waals surface area contributed by atoms with E-state index in [0.29, 0.717) is 34.5 Å². The van der Waals surface area contributed by atoms with E-state index in [4.69, 9.17) is 4.74 Å². The maximum Gasteiger partial charge on any atom is 0.252 e. The van der Waals surface area contributed by atoms with E-state index < -0.39 is 0 Å². The van der Waals surface area contributed by atoms with Crippen LogP contribution < -0.4 is 15.4 Å². The zero-order chi connectivity index (χ0) is 23.1. The Hall–Kier alpha value is -3.33. The highest BCUT2D eigenvalue weighted by molar-refractivity contribution is 7.99. The molecule has 0 aliphatic carbocycles. The van der Waals surface area contributed by atoms with Gasteiger partial charge in [0.2, 0.25) is 5.91 Å². The molecule has 0 saturated carbocycles. The molecule has 9 heteroatoms. The van der Waals surface area contributed by atoms with Crippen LogP contribution in [0.15, 0.2) is 53.7 Å². The first-order valence-electron chi connectivity index (χ1n) is 10.3. The number of carbonyl (C=O) groups excluding carboxylic acids is 2. The third-order valence-electron chi connectivity index (χ3n) is 4.87. The third-order valence-corrected chi connectivity index (χ3v) is 5.84. The smallest absolute Gasteiger partial charge is 0.252 e. The molecule has 0 radical (unpaired) electrons. The zero-order valence-electron chi connectivity index (χ0n) is 18.6. The van der Waals surface area contributed by atoms with Crippen LogP contribution in [0.5, 0.6) is 5.75 Å². The molecule has 32 heavy (non-hydrogen) atoms. The van der Waals surface area contributed by atoms with Crippen molar-refractivity contribution in [3.8, 4) is 5.75 Å². The zero-order valence-corrected chi connectivity index (χ0v) is 19.4. The Kier molecular flexibility index (Phi) is 7.88. The van der Waals surface area contributed by atoms with E-state index in [1.165, 1.54) is 11.8 Å². The number of aryl methyl sites for hydroxylation is 1. The van der Waals surface area contributed by atoms with Gasteiger partial charge in [-0.25, -0.2) is 0 Å². The molecule has 0 saturated heterocycles. The van der Waals surface area contributed by atoms with E-state index in [1.54, 1.807) is 25.3 Å². The number of hydrogen-bond acceptors (Lipinski definition) is 6. The molecular weight excluding hydrogens is 426 g/mol. The normalized spacial score (nSPS) is 11.6. The minimum atomic E-state index is -0.338. The van der Waals surface area contributed by atoms with Gasteiger partial charge in [0.1, 0.15) is 5.75 Å². The summed E-state index contributed by atoms with van der Waals surface area (Å²) in [5.41, 5.74) is 2.21. The Bertz CT molecular complexity index is 1100. The fourth-order valence-electron chi connectivity index (χ4n) is 3.22. The predicted molar refractivity (Wildman–Crippen MR) is 125 cm³/mol. The van der Waals surface area contributed by atoms with Crippen LogP contribution in [-0.2, 0) is 11.3 Å². The van der Waals surface area contributed by atoms with Crippen molar-refractivity contribution >= 4 is 29.3 Å². The number of anilines is 1. The molecule has 0 aliphatic heterocycles. The van der Waals surface area contributed by atoms with Crippen molar-refractivity contribution in [3.05, 3.63) is 65.5 Å². The van der Waals surface area contributed by atoms with E-state index in [2.05, 4.69) is 20.8 Å². The summed E-state index contributed by atoms with van der Waals surface area (Å²) in [4.78, 5) is 25.0. The molecule has 0 bridgehead atoms. The number of rotatable bonds is 9. The quantitative estimate of drug-likeness (QED) is 0.478. The van der Waals surface area contributed by atoms with E-state index in [1.807, 2.05) is 55.7 Å². The van der Waals surface area contributed by atoms with Crippen LogP contribution in [0, 0.1) is 6.92 Å². The molecule has 1 aromatic heterocycles. The molecule has 2 N–H and O–H groups in total. The lowest BCUT2D eigenvalue weighted by atomic mass is 10.1. The highest BCUT2D eigenvalue weighted by Crippen LogP contribution is 2.22. The summed E-state index contributed by atoms with van der Waals surface area (Å²) in [6.07, 6.45) is 0. The van der Waals surface area contributed by atoms with Gasteiger partial charge < -0.3 is 19.9 Å². The molecule has 168 valence electrons. The van der Waals surface area contributed by atoms with Gasteiger partial charge in [0.15, 0.2) is 11.0 Å². The Morgan fingerprint density at radius 1 is 1.16 bits per heavy atom. The summed E-state index contributed by atoms with van der Waals surface area (Å²) in [5.74, 6) is 1.18. The average molecular weight is 454 g/mol. The molecule has 1 heterocycles. The van der Waals surface area contributed by atoms with Crippen LogP contribution in [0.2, 0.25) is 0 Å². The second kappa shape index (κ2) is 10.8. The molecule has 1 atom stereocenters. The number of hydrogen-bond donors (Lipinski definition) is 2. The number of thioether (sulfide) groups is 1. The Balaban J connectivity index is 1.63. The van der Waals surface area contributed by atoms with Crippen LogP contribution in [-0.4, -0.2) is 39.4 Å². The van der Waals surface area contributed by atoms with Gasteiger partial charge >= 0.3 is 0 Å². The summed E-state index contributed by atoms with van der Waals surface area (Å²) in [5, 5.41) is 15.0. The third kappa shape index (κ3) is 5.67. The van der Waals surface area contributed by atoms with Crippen molar-refractivity contribution in [1.29, 1.82) is 0 Å². The molecule has 8 nitrogen and oxygen atoms in total. The number of nitrogens with one attached hydrogen (secondary N) is 2. The minimum Gasteiger partial charge on any atom is -0.497 e. The summed E-state index contributed by atoms with van der Waals surface area (Å²) in [6.45, 7) is 6.37. The molecule has 2 amide bonds. The average Bonchev–Trinajstić information content (AvgIpc) is 3.21. The van der Waals surface area contributed by atoms with Crippen molar-refractivity contribution in [2.24, 2.45) is 0 Å². The molecule has 2 aromatic carbocycles. The van der Waals surface area contributed by atoms with Crippen LogP contribution >= 0.6 is 11.8 Å². The highest BCUT2D eigenvalue weighted by Gasteiger charge is 2.20. The van der Waals surface area contributed by atoms with Crippen molar-refractivity contribution in [1.82, 2.24) is 20.1 Å². The van der Waals surface area contributed by atoms with Gasteiger partial charge in [-0.15, -0.1) is 10.2 Å². The second-order valence-electron chi connectivity index (χ2n) is 7.16. The van der Waals surface area contributed by atoms with Crippen LogP contribution in [0.1, 0.15) is 41.6 Å². The Morgan fingerprint density at radius 3 is 2.66 bits per heavy atom. The van der Waals surface area contributed by atoms with Gasteiger partial charge in [0, 0.05) is 23.9 Å². The van der Waals surface area contributed by atoms with Crippen molar-refractivity contribution in [2.45, 2.75) is 38.5 Å². The Labute approximate surface area is 191 Å². The van der Waals surface area contributed by atoms with E-state index in [-0.39, 0.29) is 23.6 Å². The lowest BCUT2D eigenvalue weighted by Gasteiger charge is -2.16. The summed E-state index contributed by atoms with van der Waals surface area (Å²) in [7, 11) is 1.58. The number of carbonyl (C=O) groups is 2. The number of nitrogens with zero attached hydrogens (tertiary/aromatic N) is 3. The molecule has 3 aromatic rings. The van der Waals surface area contributed by atoms with Crippen LogP contribution in [0.3, 0.4) is 0 Å². The molecule has 0 unspecified atom stereocenters. The van der Waals surface area contributed by atoms with Crippen molar-refractivity contribution in [3.63, 3.8) is 0 Å². The standard InChI is InChI=1S/C23H27N5O3S/c1-5-28-21(16(3)24-22(30)19-12-7-6-9-15(19)2)26-27-23(28)32-14-20(29)25-17-10-8-11-18(13-17)31-4/h6-13,16H,5,14H2,1-4H3,(H,24,30)(H,25,29)/t16-/m1/s1. The monoisotopic (exact) mass is 453 g/mol.